The lowest BCUT2D eigenvalue weighted by atomic mass is 10.1. The van der Waals surface area contributed by atoms with E-state index in [1.165, 1.54) is 23.1 Å². The lowest BCUT2D eigenvalue weighted by Gasteiger charge is -2.37. The second kappa shape index (κ2) is 10.0. The van der Waals surface area contributed by atoms with Crippen molar-refractivity contribution in [3.63, 3.8) is 0 Å². The van der Waals surface area contributed by atoms with Crippen molar-refractivity contribution in [3.8, 4) is 22.9 Å². The van der Waals surface area contributed by atoms with Crippen LogP contribution in [0.3, 0.4) is 0 Å². The van der Waals surface area contributed by atoms with Crippen molar-refractivity contribution in [1.29, 1.82) is 0 Å². The molecule has 2 N–H and O–H groups in total. The van der Waals surface area contributed by atoms with Gasteiger partial charge in [0.05, 0.1) is 37.6 Å². The quantitative estimate of drug-likeness (QED) is 0.229. The molecule has 1 unspecified atom stereocenters. The molecule has 5 heterocycles. The van der Waals surface area contributed by atoms with Crippen LogP contribution in [0.5, 0.6) is 0 Å². The molecule has 4 aromatic heterocycles. The van der Waals surface area contributed by atoms with Gasteiger partial charge in [-0.05, 0) is 12.1 Å². The third-order valence-corrected chi connectivity index (χ3v) is 6.49. The molecule has 1 aliphatic heterocycles. The van der Waals surface area contributed by atoms with Crippen molar-refractivity contribution < 1.29 is 36.7 Å². The van der Waals surface area contributed by atoms with Gasteiger partial charge in [-0.1, -0.05) is 23.4 Å². The maximum atomic E-state index is 15.1. The number of rotatable bonds is 6. The number of benzene rings is 1. The number of nitrogens with zero attached hydrogens (tertiary/aromatic N) is 9. The average molecular weight is 575 g/mol. The van der Waals surface area contributed by atoms with E-state index in [-0.39, 0.29) is 23.9 Å². The SMILES string of the molecule is OC(O)C1Cn2c(nnc2C(F)(F)F)CN1c1nc(-c2cc(-c3ccon3)n(Cc3ccccc3F)n2)ncc1F. The van der Waals surface area contributed by atoms with E-state index in [4.69, 9.17) is 4.52 Å². The average Bonchev–Trinajstić information content (AvgIpc) is 3.69. The summed E-state index contributed by atoms with van der Waals surface area (Å²) in [6, 6.07) is 7.73. The summed E-state index contributed by atoms with van der Waals surface area (Å²) in [5.41, 5.74) is 1.21. The molecular weight excluding hydrogens is 557 g/mol. The van der Waals surface area contributed by atoms with Gasteiger partial charge in [0, 0.05) is 11.6 Å². The summed E-state index contributed by atoms with van der Waals surface area (Å²) >= 11 is 0. The molecule has 0 bridgehead atoms. The third kappa shape index (κ3) is 4.89. The highest BCUT2D eigenvalue weighted by Crippen LogP contribution is 2.34. The number of fused-ring (bicyclic) bond motifs is 1. The van der Waals surface area contributed by atoms with Crippen molar-refractivity contribution in [2.45, 2.75) is 38.1 Å². The molecule has 0 saturated heterocycles. The molecule has 0 amide bonds. The van der Waals surface area contributed by atoms with Crippen molar-refractivity contribution >= 4 is 5.82 Å². The van der Waals surface area contributed by atoms with E-state index in [9.17, 15) is 27.8 Å². The summed E-state index contributed by atoms with van der Waals surface area (Å²) in [6.07, 6.45) is -4.86. The number of hydrogen-bond acceptors (Lipinski definition) is 10. The van der Waals surface area contributed by atoms with E-state index < -0.39 is 54.9 Å². The zero-order valence-electron chi connectivity index (χ0n) is 20.6. The van der Waals surface area contributed by atoms with Gasteiger partial charge in [0.1, 0.15) is 23.5 Å². The molecule has 0 radical (unpaired) electrons. The normalized spacial score (nSPS) is 15.5. The van der Waals surface area contributed by atoms with Gasteiger partial charge in [-0.25, -0.2) is 18.7 Å². The Morgan fingerprint density at radius 1 is 1.05 bits per heavy atom. The lowest BCUT2D eigenvalue weighted by Crippen LogP contribution is -2.51. The molecule has 1 aliphatic rings. The van der Waals surface area contributed by atoms with E-state index in [1.54, 1.807) is 24.3 Å². The standard InChI is InChI=1S/C24H18F5N9O3/c25-13-4-2-1-3-12(13)9-38-17(15-5-6-41-35-15)7-16(34-38)20-30-8-14(26)21(31-20)36-11-19-32-33-23(24(27,28)29)37(19)10-18(36)22(39)40/h1-8,18,22,39-40H,9-11H2. The number of aliphatic hydroxyl groups is 2. The molecule has 0 spiro atoms. The number of anilines is 1. The number of aromatic nitrogens is 8. The Balaban J connectivity index is 1.40. The molecule has 17 heteroatoms. The fourth-order valence-corrected chi connectivity index (χ4v) is 4.56. The Hall–Kier alpha value is -4.77. The highest BCUT2D eigenvalue weighted by atomic mass is 19.4. The Labute approximate surface area is 226 Å². The Morgan fingerprint density at radius 2 is 1.85 bits per heavy atom. The van der Waals surface area contributed by atoms with Gasteiger partial charge >= 0.3 is 6.18 Å². The first-order valence-corrected chi connectivity index (χ1v) is 12.0. The van der Waals surface area contributed by atoms with Crippen LogP contribution in [-0.4, -0.2) is 62.2 Å². The van der Waals surface area contributed by atoms with Crippen LogP contribution in [0.1, 0.15) is 17.2 Å². The van der Waals surface area contributed by atoms with Crippen molar-refractivity contribution in [2.75, 3.05) is 4.90 Å². The number of aliphatic hydroxyl groups excluding tert-OH is 1. The summed E-state index contributed by atoms with van der Waals surface area (Å²) in [4.78, 5) is 9.31. The maximum absolute atomic E-state index is 15.1. The zero-order valence-corrected chi connectivity index (χ0v) is 20.6. The van der Waals surface area contributed by atoms with E-state index in [0.29, 0.717) is 21.5 Å². The van der Waals surface area contributed by atoms with Crippen molar-refractivity contribution in [2.24, 2.45) is 0 Å². The Kier molecular flexibility index (Phi) is 6.46. The van der Waals surface area contributed by atoms with Crippen molar-refractivity contribution in [1.82, 2.24) is 39.7 Å². The van der Waals surface area contributed by atoms with E-state index >= 15 is 4.39 Å². The highest BCUT2D eigenvalue weighted by molar-refractivity contribution is 5.63. The topological polar surface area (TPSA) is 144 Å². The van der Waals surface area contributed by atoms with Gasteiger partial charge in [-0.15, -0.1) is 10.2 Å². The summed E-state index contributed by atoms with van der Waals surface area (Å²) < 4.78 is 76.7. The molecule has 0 fully saturated rings. The first-order chi connectivity index (χ1) is 19.6. The Bertz CT molecular complexity index is 1700. The van der Waals surface area contributed by atoms with E-state index in [1.807, 2.05) is 0 Å². The van der Waals surface area contributed by atoms with Gasteiger partial charge in [0.25, 0.3) is 0 Å². The molecule has 41 heavy (non-hydrogen) atoms. The first-order valence-electron chi connectivity index (χ1n) is 12.0. The predicted octanol–water partition coefficient (Wildman–Crippen LogP) is 2.63. The maximum Gasteiger partial charge on any atom is 0.451 e. The second-order valence-electron chi connectivity index (χ2n) is 9.07. The van der Waals surface area contributed by atoms with Gasteiger partial charge in [-0.3, -0.25) is 4.68 Å². The van der Waals surface area contributed by atoms with Crippen LogP contribution in [0.2, 0.25) is 0 Å². The highest BCUT2D eigenvalue weighted by Gasteiger charge is 2.43. The van der Waals surface area contributed by atoms with Gasteiger partial charge in [0.15, 0.2) is 29.6 Å². The minimum absolute atomic E-state index is 0.00891. The van der Waals surface area contributed by atoms with E-state index in [2.05, 4.69) is 30.4 Å². The summed E-state index contributed by atoms with van der Waals surface area (Å²) in [7, 11) is 0. The summed E-state index contributed by atoms with van der Waals surface area (Å²) in [5.74, 6) is -3.48. The largest absolute Gasteiger partial charge is 0.451 e. The fraction of sp³-hybridized carbons (Fsp3) is 0.250. The molecule has 12 nitrogen and oxygen atoms in total. The second-order valence-corrected chi connectivity index (χ2v) is 9.07. The van der Waals surface area contributed by atoms with Crippen LogP contribution in [0.15, 0.2) is 53.4 Å². The van der Waals surface area contributed by atoms with Crippen LogP contribution in [0.25, 0.3) is 22.9 Å². The van der Waals surface area contributed by atoms with Crippen LogP contribution < -0.4 is 4.90 Å². The predicted molar refractivity (Wildman–Crippen MR) is 127 cm³/mol. The number of halogens is 5. The van der Waals surface area contributed by atoms with Crippen LogP contribution >= 0.6 is 0 Å². The molecule has 1 atom stereocenters. The molecular formula is C24H18F5N9O3. The number of hydrogen-bond donors (Lipinski definition) is 2. The molecule has 212 valence electrons. The zero-order chi connectivity index (χ0) is 28.9. The molecule has 0 aliphatic carbocycles. The molecule has 0 saturated carbocycles. The summed E-state index contributed by atoms with van der Waals surface area (Å²) in [6.45, 7) is -1.09. The van der Waals surface area contributed by atoms with Crippen molar-refractivity contribution in [3.05, 3.63) is 77.7 Å². The fourth-order valence-electron chi connectivity index (χ4n) is 4.56. The van der Waals surface area contributed by atoms with Crippen LogP contribution in [-0.2, 0) is 25.8 Å². The minimum atomic E-state index is -4.84. The summed E-state index contributed by atoms with van der Waals surface area (Å²) in [5, 5.41) is 35.1. The van der Waals surface area contributed by atoms with E-state index in [0.717, 1.165) is 11.1 Å². The van der Waals surface area contributed by atoms with Crippen LogP contribution in [0.4, 0.5) is 27.8 Å². The third-order valence-electron chi connectivity index (χ3n) is 6.49. The minimum Gasteiger partial charge on any atom is -0.366 e. The first kappa shape index (κ1) is 26.5. The molecule has 1 aromatic carbocycles. The van der Waals surface area contributed by atoms with Gasteiger partial charge < -0.3 is 24.2 Å². The molecule has 5 aromatic rings. The molecule has 6 rings (SSSR count). The number of alkyl halides is 3. The van der Waals surface area contributed by atoms with Gasteiger partial charge in [-0.2, -0.15) is 18.3 Å². The van der Waals surface area contributed by atoms with Gasteiger partial charge in [0.2, 0.25) is 5.82 Å². The Morgan fingerprint density at radius 3 is 2.56 bits per heavy atom. The lowest BCUT2D eigenvalue weighted by molar-refractivity contribution is -0.148. The monoisotopic (exact) mass is 575 g/mol. The smallest absolute Gasteiger partial charge is 0.366 e. The van der Waals surface area contributed by atoms with Crippen LogP contribution in [0, 0.1) is 11.6 Å².